The van der Waals surface area contributed by atoms with Crippen molar-refractivity contribution in [2.24, 2.45) is 0 Å². The summed E-state index contributed by atoms with van der Waals surface area (Å²) in [6.07, 6.45) is -0.308. The Morgan fingerprint density at radius 2 is 1.78 bits per heavy atom. The van der Waals surface area contributed by atoms with Crippen LogP contribution in [0.2, 0.25) is 0 Å². The maximum Gasteiger partial charge on any atom is 0.410 e. The first-order valence-corrected chi connectivity index (χ1v) is 7.53. The van der Waals surface area contributed by atoms with Crippen LogP contribution in [0.3, 0.4) is 0 Å². The number of carboxylic acids is 1. The minimum Gasteiger partial charge on any atom is -0.478 e. The molecule has 0 radical (unpaired) electrons. The van der Waals surface area contributed by atoms with E-state index in [1.807, 2.05) is 20.8 Å². The third-order valence-electron chi connectivity index (χ3n) is 3.56. The molecule has 1 aliphatic heterocycles. The lowest BCUT2D eigenvalue weighted by molar-refractivity contribution is 0.0240. The molecular weight excluding hydrogens is 298 g/mol. The first kappa shape index (κ1) is 16.9. The van der Waals surface area contributed by atoms with Crippen LogP contribution in [0.25, 0.3) is 0 Å². The van der Waals surface area contributed by atoms with Crippen LogP contribution in [0.5, 0.6) is 0 Å². The number of nitrogens with zero attached hydrogens (tertiary/aromatic N) is 2. The highest BCUT2D eigenvalue weighted by Gasteiger charge is 2.26. The SMILES string of the molecule is CC(C)(C)OC(=O)N1CCN(c2ccc(C(=O)O)c(N)c2)CC1. The molecule has 0 bridgehead atoms. The fourth-order valence-corrected chi connectivity index (χ4v) is 2.42. The number of hydrogen-bond donors (Lipinski definition) is 2. The Morgan fingerprint density at radius 3 is 2.26 bits per heavy atom. The van der Waals surface area contributed by atoms with Gasteiger partial charge in [-0.1, -0.05) is 0 Å². The predicted molar refractivity (Wildman–Crippen MR) is 87.8 cm³/mol. The molecule has 1 amide bonds. The fourth-order valence-electron chi connectivity index (χ4n) is 2.42. The first-order chi connectivity index (χ1) is 10.7. The number of nitrogen functional groups attached to an aromatic ring is 1. The normalized spacial score (nSPS) is 15.4. The second kappa shape index (κ2) is 6.36. The van der Waals surface area contributed by atoms with Gasteiger partial charge in [-0.2, -0.15) is 0 Å². The zero-order chi connectivity index (χ0) is 17.2. The zero-order valence-electron chi connectivity index (χ0n) is 13.7. The minimum atomic E-state index is -1.04. The molecule has 1 saturated heterocycles. The second-order valence-corrected chi connectivity index (χ2v) is 6.53. The van der Waals surface area contributed by atoms with Gasteiger partial charge < -0.3 is 25.4 Å². The van der Waals surface area contributed by atoms with Crippen molar-refractivity contribution in [2.75, 3.05) is 36.8 Å². The number of carbonyl (C=O) groups is 2. The average Bonchev–Trinajstić information content (AvgIpc) is 2.45. The van der Waals surface area contributed by atoms with Crippen molar-refractivity contribution < 1.29 is 19.4 Å². The van der Waals surface area contributed by atoms with Gasteiger partial charge in [0, 0.05) is 37.6 Å². The number of carbonyl (C=O) groups excluding carboxylic acids is 1. The molecule has 2 rings (SSSR count). The van der Waals surface area contributed by atoms with Crippen LogP contribution < -0.4 is 10.6 Å². The number of amides is 1. The van der Waals surface area contributed by atoms with Gasteiger partial charge in [-0.15, -0.1) is 0 Å². The van der Waals surface area contributed by atoms with Gasteiger partial charge in [0.1, 0.15) is 5.60 Å². The summed E-state index contributed by atoms with van der Waals surface area (Å²) in [5.41, 5.74) is 6.47. The number of rotatable bonds is 2. The monoisotopic (exact) mass is 321 g/mol. The van der Waals surface area contributed by atoms with Crippen LogP contribution in [0.15, 0.2) is 18.2 Å². The third kappa shape index (κ3) is 4.28. The highest BCUT2D eigenvalue weighted by atomic mass is 16.6. The van der Waals surface area contributed by atoms with E-state index in [9.17, 15) is 9.59 Å². The number of piperazine rings is 1. The van der Waals surface area contributed by atoms with E-state index in [0.29, 0.717) is 26.2 Å². The molecule has 0 saturated carbocycles. The van der Waals surface area contributed by atoms with Crippen molar-refractivity contribution in [2.45, 2.75) is 26.4 Å². The molecule has 0 unspecified atom stereocenters. The molecule has 0 aromatic heterocycles. The van der Waals surface area contributed by atoms with Gasteiger partial charge in [-0.25, -0.2) is 9.59 Å². The molecule has 23 heavy (non-hydrogen) atoms. The predicted octanol–water partition coefficient (Wildman–Crippen LogP) is 2.02. The van der Waals surface area contributed by atoms with Crippen molar-refractivity contribution in [3.63, 3.8) is 0 Å². The topological polar surface area (TPSA) is 96.1 Å². The number of benzene rings is 1. The van der Waals surface area contributed by atoms with Gasteiger partial charge >= 0.3 is 12.1 Å². The smallest absolute Gasteiger partial charge is 0.410 e. The number of nitrogens with two attached hydrogens (primary N) is 1. The number of aromatic carboxylic acids is 1. The van der Waals surface area contributed by atoms with Gasteiger partial charge in [0.05, 0.1) is 5.56 Å². The second-order valence-electron chi connectivity index (χ2n) is 6.53. The lowest BCUT2D eigenvalue weighted by atomic mass is 10.1. The first-order valence-electron chi connectivity index (χ1n) is 7.53. The summed E-state index contributed by atoms with van der Waals surface area (Å²) in [5, 5.41) is 9.00. The number of carboxylic acid groups (broad SMARTS) is 1. The van der Waals surface area contributed by atoms with Gasteiger partial charge in [-0.05, 0) is 39.0 Å². The lowest BCUT2D eigenvalue weighted by Gasteiger charge is -2.36. The average molecular weight is 321 g/mol. The van der Waals surface area contributed by atoms with Crippen molar-refractivity contribution >= 4 is 23.4 Å². The Kier molecular flexibility index (Phi) is 4.68. The van der Waals surface area contributed by atoms with E-state index in [1.54, 1.807) is 17.0 Å². The van der Waals surface area contributed by atoms with Gasteiger partial charge in [0.25, 0.3) is 0 Å². The van der Waals surface area contributed by atoms with E-state index in [0.717, 1.165) is 5.69 Å². The molecule has 7 nitrogen and oxygen atoms in total. The Hall–Kier alpha value is -2.44. The number of anilines is 2. The summed E-state index contributed by atoms with van der Waals surface area (Å²) in [6, 6.07) is 4.91. The molecule has 1 aromatic carbocycles. The lowest BCUT2D eigenvalue weighted by Crippen LogP contribution is -2.50. The van der Waals surface area contributed by atoms with Crippen LogP contribution in [-0.2, 0) is 4.74 Å². The van der Waals surface area contributed by atoms with Crippen LogP contribution in [-0.4, -0.2) is 53.8 Å². The molecule has 1 aromatic rings. The molecule has 1 fully saturated rings. The Bertz CT molecular complexity index is 602. The molecule has 0 spiro atoms. The maximum absolute atomic E-state index is 12.0. The molecule has 126 valence electrons. The van der Waals surface area contributed by atoms with Gasteiger partial charge in [0.2, 0.25) is 0 Å². The molecular formula is C16H23N3O4. The summed E-state index contributed by atoms with van der Waals surface area (Å²) >= 11 is 0. The summed E-state index contributed by atoms with van der Waals surface area (Å²) in [4.78, 5) is 26.8. The summed E-state index contributed by atoms with van der Waals surface area (Å²) in [5.74, 6) is -1.04. The van der Waals surface area contributed by atoms with E-state index in [4.69, 9.17) is 15.6 Å². The Morgan fingerprint density at radius 1 is 1.17 bits per heavy atom. The van der Waals surface area contributed by atoms with E-state index in [2.05, 4.69) is 4.90 Å². The minimum absolute atomic E-state index is 0.0983. The van der Waals surface area contributed by atoms with Gasteiger partial charge in [-0.3, -0.25) is 0 Å². The van der Waals surface area contributed by atoms with E-state index < -0.39 is 11.6 Å². The largest absolute Gasteiger partial charge is 0.478 e. The molecule has 1 aliphatic rings. The van der Waals surface area contributed by atoms with Crippen LogP contribution in [0.1, 0.15) is 31.1 Å². The molecule has 3 N–H and O–H groups in total. The third-order valence-corrected chi connectivity index (χ3v) is 3.56. The molecule has 0 aliphatic carbocycles. The summed E-state index contributed by atoms with van der Waals surface area (Å²) in [6.45, 7) is 7.91. The summed E-state index contributed by atoms with van der Waals surface area (Å²) < 4.78 is 5.36. The van der Waals surface area contributed by atoms with E-state index >= 15 is 0 Å². The zero-order valence-corrected chi connectivity index (χ0v) is 13.7. The van der Waals surface area contributed by atoms with Crippen molar-refractivity contribution in [3.05, 3.63) is 23.8 Å². The van der Waals surface area contributed by atoms with Gasteiger partial charge in [0.15, 0.2) is 0 Å². The van der Waals surface area contributed by atoms with Crippen LogP contribution in [0, 0.1) is 0 Å². The van der Waals surface area contributed by atoms with E-state index in [-0.39, 0.29) is 17.3 Å². The number of hydrogen-bond acceptors (Lipinski definition) is 5. The highest BCUT2D eigenvalue weighted by Crippen LogP contribution is 2.23. The van der Waals surface area contributed by atoms with Crippen molar-refractivity contribution in [3.8, 4) is 0 Å². The van der Waals surface area contributed by atoms with Crippen molar-refractivity contribution in [1.82, 2.24) is 4.90 Å². The Balaban J connectivity index is 1.98. The highest BCUT2D eigenvalue weighted by molar-refractivity contribution is 5.94. The molecule has 1 heterocycles. The quantitative estimate of drug-likeness (QED) is 0.809. The van der Waals surface area contributed by atoms with Crippen molar-refractivity contribution in [1.29, 1.82) is 0 Å². The maximum atomic E-state index is 12.0. The molecule has 7 heteroatoms. The van der Waals surface area contributed by atoms with Crippen LogP contribution >= 0.6 is 0 Å². The Labute approximate surface area is 135 Å². The molecule has 0 atom stereocenters. The van der Waals surface area contributed by atoms with Crippen LogP contribution in [0.4, 0.5) is 16.2 Å². The standard InChI is InChI=1S/C16H23N3O4/c1-16(2,3)23-15(22)19-8-6-18(7-9-19)11-4-5-12(14(20)21)13(17)10-11/h4-5,10H,6-9,17H2,1-3H3,(H,20,21). The fraction of sp³-hybridized carbons (Fsp3) is 0.500. The summed E-state index contributed by atoms with van der Waals surface area (Å²) in [7, 11) is 0. The van der Waals surface area contributed by atoms with E-state index in [1.165, 1.54) is 6.07 Å². The number of ether oxygens (including phenoxy) is 1.